The van der Waals surface area contributed by atoms with Gasteiger partial charge < -0.3 is 4.74 Å². The lowest BCUT2D eigenvalue weighted by Crippen LogP contribution is -2.18. The molecular weight excluding hydrogens is 290 g/mol. The molecule has 0 spiro atoms. The van der Waals surface area contributed by atoms with Gasteiger partial charge >= 0.3 is 5.97 Å². The van der Waals surface area contributed by atoms with E-state index in [0.29, 0.717) is 11.3 Å². The number of hydrogen-bond acceptors (Lipinski definition) is 4. The first-order chi connectivity index (χ1) is 9.86. The zero-order valence-corrected chi connectivity index (χ0v) is 12.3. The van der Waals surface area contributed by atoms with Crippen molar-refractivity contribution in [3.63, 3.8) is 0 Å². The van der Waals surface area contributed by atoms with Crippen molar-refractivity contribution in [1.82, 2.24) is 0 Å². The Balaban J connectivity index is 2.15. The number of rotatable bonds is 4. The van der Waals surface area contributed by atoms with Crippen LogP contribution in [0.15, 0.2) is 53.4 Å². The minimum absolute atomic E-state index is 0.0640. The Morgan fingerprint density at radius 2 is 1.71 bits per heavy atom. The molecule has 21 heavy (non-hydrogen) atoms. The van der Waals surface area contributed by atoms with Crippen LogP contribution in [0.5, 0.6) is 5.75 Å². The second-order valence-electron chi connectivity index (χ2n) is 4.62. The lowest BCUT2D eigenvalue weighted by molar-refractivity contribution is -0.133. The van der Waals surface area contributed by atoms with Crippen LogP contribution < -0.4 is 9.88 Å². The first-order valence-corrected chi connectivity index (χ1v) is 7.79. The average Bonchev–Trinajstić information content (AvgIpc) is 2.41. The quantitative estimate of drug-likeness (QED) is 0.689. The predicted octanol–water partition coefficient (Wildman–Crippen LogP) is 1.79. The number of ether oxygens (including phenoxy) is 1. The van der Waals surface area contributed by atoms with Crippen molar-refractivity contribution in [2.75, 3.05) is 0 Å². The van der Waals surface area contributed by atoms with Gasteiger partial charge in [0.15, 0.2) is 0 Å². The van der Waals surface area contributed by atoms with Crippen molar-refractivity contribution in [2.24, 2.45) is 5.14 Å². The van der Waals surface area contributed by atoms with Crippen molar-refractivity contribution in [3.8, 4) is 5.75 Å². The number of aryl methyl sites for hydroxylation is 1. The summed E-state index contributed by atoms with van der Waals surface area (Å²) < 4.78 is 28.1. The van der Waals surface area contributed by atoms with E-state index in [1.54, 1.807) is 24.3 Å². The van der Waals surface area contributed by atoms with Crippen LogP contribution >= 0.6 is 0 Å². The summed E-state index contributed by atoms with van der Waals surface area (Å²) >= 11 is 0. The van der Waals surface area contributed by atoms with E-state index in [9.17, 15) is 13.2 Å². The maximum atomic E-state index is 11.9. The van der Waals surface area contributed by atoms with Gasteiger partial charge in [0.05, 0.1) is 11.3 Å². The number of benzene rings is 2. The fourth-order valence-corrected chi connectivity index (χ4v) is 2.63. The first-order valence-electron chi connectivity index (χ1n) is 6.24. The van der Waals surface area contributed by atoms with Gasteiger partial charge in [-0.3, -0.25) is 4.79 Å². The second kappa shape index (κ2) is 6.07. The predicted molar refractivity (Wildman–Crippen MR) is 78.3 cm³/mol. The van der Waals surface area contributed by atoms with Crippen LogP contribution in [-0.2, 0) is 21.2 Å². The summed E-state index contributed by atoms with van der Waals surface area (Å²) in [5, 5.41) is 5.12. The molecule has 0 aliphatic carbocycles. The average molecular weight is 305 g/mol. The first kappa shape index (κ1) is 15.2. The monoisotopic (exact) mass is 305 g/mol. The van der Waals surface area contributed by atoms with Gasteiger partial charge in [-0.1, -0.05) is 35.9 Å². The van der Waals surface area contributed by atoms with Crippen LogP contribution in [0.3, 0.4) is 0 Å². The third-order valence-electron chi connectivity index (χ3n) is 2.87. The minimum atomic E-state index is -3.87. The summed E-state index contributed by atoms with van der Waals surface area (Å²) in [6.45, 7) is 1.92. The summed E-state index contributed by atoms with van der Waals surface area (Å²) in [5.41, 5.74) is 1.37. The number of primary sulfonamides is 1. The molecule has 2 aromatic carbocycles. The molecule has 0 saturated heterocycles. The van der Waals surface area contributed by atoms with Crippen molar-refractivity contribution in [1.29, 1.82) is 0 Å². The Morgan fingerprint density at radius 1 is 1.10 bits per heavy atom. The molecule has 0 radical (unpaired) electrons. The van der Waals surface area contributed by atoms with Crippen LogP contribution in [0, 0.1) is 6.92 Å². The van der Waals surface area contributed by atoms with E-state index in [4.69, 9.17) is 9.88 Å². The van der Waals surface area contributed by atoms with Gasteiger partial charge in [-0.2, -0.15) is 0 Å². The van der Waals surface area contributed by atoms with E-state index >= 15 is 0 Å². The van der Waals surface area contributed by atoms with E-state index < -0.39 is 16.0 Å². The smallest absolute Gasteiger partial charge is 0.315 e. The highest BCUT2D eigenvalue weighted by atomic mass is 32.2. The molecule has 0 saturated carbocycles. The van der Waals surface area contributed by atoms with Crippen molar-refractivity contribution < 1.29 is 17.9 Å². The summed E-state index contributed by atoms with van der Waals surface area (Å²) in [7, 11) is -3.87. The van der Waals surface area contributed by atoms with E-state index in [2.05, 4.69) is 0 Å². The van der Waals surface area contributed by atoms with Gasteiger partial charge in [0.2, 0.25) is 10.0 Å². The molecule has 0 heterocycles. The minimum Gasteiger partial charge on any atom is -0.426 e. The van der Waals surface area contributed by atoms with Gasteiger partial charge in [0.1, 0.15) is 5.75 Å². The number of esters is 1. The number of sulfonamides is 1. The molecule has 6 heteroatoms. The number of carbonyl (C=O) groups excluding carboxylic acids is 1. The lowest BCUT2D eigenvalue weighted by Gasteiger charge is -2.08. The molecule has 0 unspecified atom stereocenters. The Labute approximate surface area is 123 Å². The lowest BCUT2D eigenvalue weighted by atomic mass is 10.1. The van der Waals surface area contributed by atoms with Crippen LogP contribution in [0.25, 0.3) is 0 Å². The summed E-state index contributed by atoms with van der Waals surface area (Å²) in [6, 6.07) is 13.1. The molecule has 0 amide bonds. The number of nitrogens with two attached hydrogens (primary N) is 1. The summed E-state index contributed by atoms with van der Waals surface area (Å²) in [6.07, 6.45) is -0.166. The zero-order valence-electron chi connectivity index (χ0n) is 11.4. The Bertz CT molecular complexity index is 751. The molecule has 0 atom stereocenters. The molecule has 0 bridgehead atoms. The van der Waals surface area contributed by atoms with E-state index in [0.717, 1.165) is 5.56 Å². The van der Waals surface area contributed by atoms with Crippen LogP contribution in [-0.4, -0.2) is 14.4 Å². The van der Waals surface area contributed by atoms with Crippen molar-refractivity contribution >= 4 is 16.0 Å². The van der Waals surface area contributed by atoms with Crippen molar-refractivity contribution in [2.45, 2.75) is 18.2 Å². The molecule has 0 aliphatic heterocycles. The highest BCUT2D eigenvalue weighted by molar-refractivity contribution is 7.89. The second-order valence-corrected chi connectivity index (χ2v) is 6.15. The van der Waals surface area contributed by atoms with Gasteiger partial charge in [-0.15, -0.1) is 0 Å². The molecule has 2 aromatic rings. The fraction of sp³-hybridized carbons (Fsp3) is 0.133. The molecule has 5 nitrogen and oxygen atoms in total. The summed E-state index contributed by atoms with van der Waals surface area (Å²) in [5.74, 6) is -0.131. The topological polar surface area (TPSA) is 86.5 Å². The van der Waals surface area contributed by atoms with Gasteiger partial charge in [-0.25, -0.2) is 13.6 Å². The highest BCUT2D eigenvalue weighted by Crippen LogP contribution is 2.16. The fourth-order valence-electron chi connectivity index (χ4n) is 1.86. The van der Waals surface area contributed by atoms with E-state index in [1.165, 1.54) is 12.1 Å². The maximum Gasteiger partial charge on any atom is 0.315 e. The highest BCUT2D eigenvalue weighted by Gasteiger charge is 2.16. The van der Waals surface area contributed by atoms with Gasteiger partial charge in [0.25, 0.3) is 0 Å². The SMILES string of the molecule is Cc1ccc(OC(=O)Cc2ccccc2S(N)(=O)=O)cc1. The Morgan fingerprint density at radius 3 is 2.33 bits per heavy atom. The van der Waals surface area contributed by atoms with E-state index in [-0.39, 0.29) is 11.3 Å². The van der Waals surface area contributed by atoms with Crippen LogP contribution in [0.1, 0.15) is 11.1 Å². The van der Waals surface area contributed by atoms with Crippen molar-refractivity contribution in [3.05, 3.63) is 59.7 Å². The number of carbonyl (C=O) groups is 1. The molecular formula is C15H15NO4S. The Kier molecular flexibility index (Phi) is 4.40. The molecule has 0 aromatic heterocycles. The van der Waals surface area contributed by atoms with Gasteiger partial charge in [-0.05, 0) is 30.7 Å². The molecule has 0 fully saturated rings. The Hall–Kier alpha value is -2.18. The van der Waals surface area contributed by atoms with Crippen LogP contribution in [0.4, 0.5) is 0 Å². The van der Waals surface area contributed by atoms with E-state index in [1.807, 2.05) is 19.1 Å². The zero-order chi connectivity index (χ0) is 15.5. The third kappa shape index (κ3) is 4.14. The normalized spacial score (nSPS) is 11.1. The summed E-state index contributed by atoms with van der Waals surface area (Å²) in [4.78, 5) is 11.8. The maximum absolute atomic E-state index is 11.9. The number of hydrogen-bond donors (Lipinski definition) is 1. The molecule has 0 aliphatic rings. The molecule has 2 N–H and O–H groups in total. The largest absolute Gasteiger partial charge is 0.426 e. The third-order valence-corrected chi connectivity index (χ3v) is 3.88. The van der Waals surface area contributed by atoms with Gasteiger partial charge in [0, 0.05) is 0 Å². The van der Waals surface area contributed by atoms with Crippen LogP contribution in [0.2, 0.25) is 0 Å². The molecule has 110 valence electrons. The standard InChI is InChI=1S/C15H15NO4S/c1-11-6-8-13(9-7-11)20-15(17)10-12-4-2-3-5-14(12)21(16,18)19/h2-9H,10H2,1H3,(H2,16,18,19). The molecule has 2 rings (SSSR count).